The summed E-state index contributed by atoms with van der Waals surface area (Å²) < 4.78 is 5.10. The largest absolute Gasteiger partial charge is 0.504 e. The highest BCUT2D eigenvalue weighted by molar-refractivity contribution is 5.45. The zero-order valence-corrected chi connectivity index (χ0v) is 10.2. The van der Waals surface area contributed by atoms with Gasteiger partial charge in [0.2, 0.25) is 0 Å². The van der Waals surface area contributed by atoms with Gasteiger partial charge in [-0.15, -0.1) is 0 Å². The number of nitrogens with two attached hydrogens (primary N) is 1. The third-order valence-electron chi connectivity index (χ3n) is 3.24. The molecule has 1 aliphatic rings. The summed E-state index contributed by atoms with van der Waals surface area (Å²) in [4.78, 5) is 2.28. The van der Waals surface area contributed by atoms with Crippen LogP contribution >= 0.6 is 0 Å². The molecule has 3 N–H and O–H groups in total. The van der Waals surface area contributed by atoms with E-state index in [-0.39, 0.29) is 11.8 Å². The maximum atomic E-state index is 10.0. The molecule has 0 saturated carbocycles. The summed E-state index contributed by atoms with van der Waals surface area (Å²) in [6, 6.07) is 5.85. The van der Waals surface area contributed by atoms with Crippen LogP contribution in [0.4, 0.5) is 0 Å². The molecular formula is C13H20N2O2. The van der Waals surface area contributed by atoms with Crippen molar-refractivity contribution in [2.45, 2.75) is 25.4 Å². The lowest BCUT2D eigenvalue weighted by molar-refractivity contribution is 0.199. The number of piperidine rings is 1. The van der Waals surface area contributed by atoms with Gasteiger partial charge in [-0.05, 0) is 25.5 Å². The van der Waals surface area contributed by atoms with Crippen molar-refractivity contribution in [3.8, 4) is 11.5 Å². The van der Waals surface area contributed by atoms with Crippen LogP contribution in [0.25, 0.3) is 0 Å². The van der Waals surface area contributed by atoms with E-state index in [1.807, 2.05) is 12.1 Å². The first-order chi connectivity index (χ1) is 8.20. The number of aromatic hydroxyl groups is 1. The van der Waals surface area contributed by atoms with E-state index in [1.165, 1.54) is 0 Å². The standard InChI is InChI=1S/C13H20N2O2/c1-17-12-6-2-4-10(13(12)16)8-15-7-3-5-11(14)9-15/h2,4,6,11,16H,3,5,7-9,14H2,1H3. The van der Waals surface area contributed by atoms with Gasteiger partial charge in [-0.3, -0.25) is 4.90 Å². The fourth-order valence-corrected chi connectivity index (χ4v) is 2.34. The molecule has 2 rings (SSSR count). The van der Waals surface area contributed by atoms with E-state index < -0.39 is 0 Å². The number of nitrogens with zero attached hydrogens (tertiary/aromatic N) is 1. The number of methoxy groups -OCH3 is 1. The van der Waals surface area contributed by atoms with Crippen molar-refractivity contribution in [3.05, 3.63) is 23.8 Å². The molecule has 1 aromatic carbocycles. The number of para-hydroxylation sites is 1. The Bertz CT molecular complexity index is 382. The summed E-state index contributed by atoms with van der Waals surface area (Å²) in [5.41, 5.74) is 6.85. The molecule has 0 bridgehead atoms. The first kappa shape index (κ1) is 12.2. The van der Waals surface area contributed by atoms with Gasteiger partial charge in [-0.25, -0.2) is 0 Å². The molecule has 4 nitrogen and oxygen atoms in total. The van der Waals surface area contributed by atoms with Crippen molar-refractivity contribution in [2.24, 2.45) is 5.73 Å². The topological polar surface area (TPSA) is 58.7 Å². The predicted octanol–water partition coefficient (Wildman–Crippen LogP) is 1.32. The van der Waals surface area contributed by atoms with Crippen molar-refractivity contribution in [1.82, 2.24) is 4.90 Å². The van der Waals surface area contributed by atoms with Crippen molar-refractivity contribution in [3.63, 3.8) is 0 Å². The number of phenols is 1. The van der Waals surface area contributed by atoms with Gasteiger partial charge in [-0.1, -0.05) is 12.1 Å². The molecular weight excluding hydrogens is 216 g/mol. The molecule has 0 aliphatic carbocycles. The van der Waals surface area contributed by atoms with Crippen LogP contribution in [0.2, 0.25) is 0 Å². The molecule has 1 atom stereocenters. The highest BCUT2D eigenvalue weighted by Gasteiger charge is 2.18. The summed E-state index contributed by atoms with van der Waals surface area (Å²) in [7, 11) is 1.57. The Hall–Kier alpha value is -1.26. The summed E-state index contributed by atoms with van der Waals surface area (Å²) in [5.74, 6) is 0.776. The molecule has 0 spiro atoms. The van der Waals surface area contributed by atoms with E-state index in [0.29, 0.717) is 5.75 Å². The summed E-state index contributed by atoms with van der Waals surface area (Å²) >= 11 is 0. The number of hydrogen-bond donors (Lipinski definition) is 2. The fourth-order valence-electron chi connectivity index (χ4n) is 2.34. The molecule has 1 heterocycles. The van der Waals surface area contributed by atoms with Crippen molar-refractivity contribution < 1.29 is 9.84 Å². The lowest BCUT2D eigenvalue weighted by Crippen LogP contribution is -2.42. The zero-order chi connectivity index (χ0) is 12.3. The quantitative estimate of drug-likeness (QED) is 0.831. The van der Waals surface area contributed by atoms with Gasteiger partial charge in [0.25, 0.3) is 0 Å². The minimum absolute atomic E-state index is 0.245. The molecule has 1 aliphatic heterocycles. The lowest BCUT2D eigenvalue weighted by Gasteiger charge is -2.30. The second-order valence-electron chi connectivity index (χ2n) is 4.61. The van der Waals surface area contributed by atoms with Gasteiger partial charge < -0.3 is 15.6 Å². The molecule has 0 aromatic heterocycles. The smallest absolute Gasteiger partial charge is 0.162 e. The first-order valence-electron chi connectivity index (χ1n) is 6.03. The SMILES string of the molecule is COc1cccc(CN2CCCC(N)C2)c1O. The van der Waals surface area contributed by atoms with E-state index in [9.17, 15) is 5.11 Å². The minimum Gasteiger partial charge on any atom is -0.504 e. The third-order valence-corrected chi connectivity index (χ3v) is 3.24. The maximum Gasteiger partial charge on any atom is 0.162 e. The van der Waals surface area contributed by atoms with Crippen molar-refractivity contribution in [2.75, 3.05) is 20.2 Å². The highest BCUT2D eigenvalue weighted by Crippen LogP contribution is 2.30. The molecule has 0 amide bonds. The number of ether oxygens (including phenoxy) is 1. The van der Waals surface area contributed by atoms with Crippen LogP contribution < -0.4 is 10.5 Å². The average molecular weight is 236 g/mol. The molecule has 1 fully saturated rings. The number of phenolic OH excluding ortho intramolecular Hbond substituents is 1. The van der Waals surface area contributed by atoms with Crippen LogP contribution in [-0.4, -0.2) is 36.2 Å². The number of likely N-dealkylation sites (tertiary alicyclic amines) is 1. The van der Waals surface area contributed by atoms with Gasteiger partial charge >= 0.3 is 0 Å². The first-order valence-corrected chi connectivity index (χ1v) is 6.03. The van der Waals surface area contributed by atoms with E-state index in [0.717, 1.165) is 38.0 Å². The molecule has 1 aromatic rings. The molecule has 1 unspecified atom stereocenters. The Morgan fingerprint density at radius 1 is 1.53 bits per heavy atom. The molecule has 94 valence electrons. The van der Waals surface area contributed by atoms with Crippen molar-refractivity contribution in [1.29, 1.82) is 0 Å². The molecule has 17 heavy (non-hydrogen) atoms. The average Bonchev–Trinajstić information content (AvgIpc) is 2.32. The maximum absolute atomic E-state index is 10.0. The fraction of sp³-hybridized carbons (Fsp3) is 0.538. The van der Waals surface area contributed by atoms with E-state index in [2.05, 4.69) is 4.90 Å². The lowest BCUT2D eigenvalue weighted by atomic mass is 10.1. The van der Waals surface area contributed by atoms with Gasteiger partial charge in [0, 0.05) is 24.7 Å². The Morgan fingerprint density at radius 2 is 2.35 bits per heavy atom. The number of benzene rings is 1. The Balaban J connectivity index is 2.07. The third kappa shape index (κ3) is 2.90. The second-order valence-corrected chi connectivity index (χ2v) is 4.61. The molecule has 0 radical (unpaired) electrons. The highest BCUT2D eigenvalue weighted by atomic mass is 16.5. The van der Waals surface area contributed by atoms with Crippen LogP contribution in [0.15, 0.2) is 18.2 Å². The van der Waals surface area contributed by atoms with E-state index in [4.69, 9.17) is 10.5 Å². The Morgan fingerprint density at radius 3 is 3.06 bits per heavy atom. The Kier molecular flexibility index (Phi) is 3.86. The van der Waals surface area contributed by atoms with Gasteiger partial charge in [0.1, 0.15) is 0 Å². The van der Waals surface area contributed by atoms with E-state index in [1.54, 1.807) is 13.2 Å². The van der Waals surface area contributed by atoms with Crippen LogP contribution in [0.5, 0.6) is 11.5 Å². The van der Waals surface area contributed by atoms with Crippen LogP contribution in [0.1, 0.15) is 18.4 Å². The normalized spacial score (nSPS) is 21.4. The van der Waals surface area contributed by atoms with Crippen LogP contribution in [-0.2, 0) is 6.54 Å². The molecule has 4 heteroatoms. The van der Waals surface area contributed by atoms with Gasteiger partial charge in [-0.2, -0.15) is 0 Å². The van der Waals surface area contributed by atoms with Gasteiger partial charge in [0.15, 0.2) is 11.5 Å². The summed E-state index contributed by atoms with van der Waals surface area (Å²) in [6.07, 6.45) is 2.23. The molecule has 1 saturated heterocycles. The van der Waals surface area contributed by atoms with Gasteiger partial charge in [0.05, 0.1) is 7.11 Å². The zero-order valence-electron chi connectivity index (χ0n) is 10.2. The predicted molar refractivity (Wildman–Crippen MR) is 67.1 cm³/mol. The van der Waals surface area contributed by atoms with E-state index >= 15 is 0 Å². The number of hydrogen-bond acceptors (Lipinski definition) is 4. The Labute approximate surface area is 102 Å². The van der Waals surface area contributed by atoms with Crippen molar-refractivity contribution >= 4 is 0 Å². The monoisotopic (exact) mass is 236 g/mol. The number of rotatable bonds is 3. The minimum atomic E-state index is 0.245. The van der Waals surface area contributed by atoms with Crippen LogP contribution in [0, 0.1) is 0 Å². The van der Waals surface area contributed by atoms with Crippen LogP contribution in [0.3, 0.4) is 0 Å². The second kappa shape index (κ2) is 5.38. The summed E-state index contributed by atoms with van der Waals surface area (Å²) in [5, 5.41) is 10.0. The summed E-state index contributed by atoms with van der Waals surface area (Å²) in [6.45, 7) is 2.68.